The molecule has 2 aliphatic carbocycles. The minimum absolute atomic E-state index is 0. The van der Waals surface area contributed by atoms with E-state index in [1.54, 1.807) is 0 Å². The topological polar surface area (TPSA) is 26.0 Å². The minimum atomic E-state index is 0. The molecule has 0 radical (unpaired) electrons. The van der Waals surface area contributed by atoms with Crippen LogP contribution in [0.25, 0.3) is 0 Å². The van der Waals surface area contributed by atoms with Crippen molar-refractivity contribution in [3.8, 4) is 0 Å². The third-order valence-corrected chi connectivity index (χ3v) is 3.58. The molecule has 2 fully saturated rings. The summed E-state index contributed by atoms with van der Waals surface area (Å²) in [5.41, 5.74) is 5.94. The van der Waals surface area contributed by atoms with Crippen molar-refractivity contribution in [2.24, 2.45) is 17.6 Å². The predicted molar refractivity (Wildman–Crippen MR) is 54.0 cm³/mol. The van der Waals surface area contributed by atoms with Gasteiger partial charge in [0, 0.05) is 6.04 Å². The fourth-order valence-electron chi connectivity index (χ4n) is 2.91. The zero-order valence-electron chi connectivity index (χ0n) is 7.26. The highest BCUT2D eigenvalue weighted by atomic mass is 14.6. The Hall–Kier alpha value is -0.0400. The summed E-state index contributed by atoms with van der Waals surface area (Å²) in [6, 6.07) is 0.536. The first-order valence-electron chi connectivity index (χ1n) is 5.12. The summed E-state index contributed by atoms with van der Waals surface area (Å²) < 4.78 is 0. The highest BCUT2D eigenvalue weighted by molar-refractivity contribution is 4.84. The molecule has 2 aliphatic rings. The summed E-state index contributed by atoms with van der Waals surface area (Å²) in [6.45, 7) is 0. The number of rotatable bonds is 0. The smallest absolute Gasteiger partial charge is 0.00416 e. The number of nitrogens with two attached hydrogens (primary N) is 1. The molecule has 12 heavy (non-hydrogen) atoms. The third-order valence-electron chi connectivity index (χ3n) is 3.58. The Labute approximate surface area is 76.7 Å². The number of hydrogen-bond donors (Lipinski definition) is 1. The van der Waals surface area contributed by atoms with E-state index in [0.29, 0.717) is 6.04 Å². The zero-order chi connectivity index (χ0) is 7.68. The molecule has 3 unspecified atom stereocenters. The fourth-order valence-corrected chi connectivity index (χ4v) is 2.91. The van der Waals surface area contributed by atoms with E-state index in [1.807, 2.05) is 0 Å². The Kier molecular flexibility index (Phi) is 3.57. The van der Waals surface area contributed by atoms with Crippen LogP contribution >= 0.6 is 0 Å². The Balaban J connectivity index is 0.000000720. The Morgan fingerprint density at radius 3 is 2.25 bits per heavy atom. The molecule has 1 heteroatoms. The molecule has 1 nitrogen and oxygen atoms in total. The highest BCUT2D eigenvalue weighted by Gasteiger charge is 2.30. The van der Waals surface area contributed by atoms with Gasteiger partial charge in [-0.1, -0.05) is 33.1 Å². The van der Waals surface area contributed by atoms with Crippen LogP contribution in [0.3, 0.4) is 0 Å². The molecule has 0 bridgehead atoms. The summed E-state index contributed by atoms with van der Waals surface area (Å²) in [5, 5.41) is 0. The Morgan fingerprint density at radius 2 is 1.50 bits per heavy atom. The summed E-state index contributed by atoms with van der Waals surface area (Å²) in [7, 11) is 0. The molecule has 0 heterocycles. The van der Waals surface area contributed by atoms with Crippen LogP contribution in [0.4, 0.5) is 0 Å². The first-order chi connectivity index (χ1) is 5.36. The van der Waals surface area contributed by atoms with Gasteiger partial charge < -0.3 is 5.73 Å². The van der Waals surface area contributed by atoms with Gasteiger partial charge in [0.05, 0.1) is 0 Å². The highest BCUT2D eigenvalue weighted by Crippen LogP contribution is 2.39. The van der Waals surface area contributed by atoms with Gasteiger partial charge in [0.2, 0.25) is 0 Å². The molecule has 0 aliphatic heterocycles. The first kappa shape index (κ1) is 10.0. The second kappa shape index (κ2) is 4.27. The van der Waals surface area contributed by atoms with Crippen molar-refractivity contribution in [1.29, 1.82) is 0 Å². The van der Waals surface area contributed by atoms with E-state index in [1.165, 1.54) is 44.9 Å². The van der Waals surface area contributed by atoms with Crippen LogP contribution in [0.5, 0.6) is 0 Å². The summed E-state index contributed by atoms with van der Waals surface area (Å²) in [6.07, 6.45) is 9.96. The minimum Gasteiger partial charge on any atom is -0.328 e. The quantitative estimate of drug-likeness (QED) is 0.593. The molecule has 72 valence electrons. The van der Waals surface area contributed by atoms with Gasteiger partial charge >= 0.3 is 0 Å². The lowest BCUT2D eigenvalue weighted by atomic mass is 9.70. The summed E-state index contributed by atoms with van der Waals surface area (Å²) in [5.74, 6) is 2.07. The first-order valence-corrected chi connectivity index (χ1v) is 5.12. The number of fused-ring (bicyclic) bond motifs is 1. The van der Waals surface area contributed by atoms with E-state index in [2.05, 4.69) is 0 Å². The lowest BCUT2D eigenvalue weighted by Crippen LogP contribution is -2.34. The molecule has 2 N–H and O–H groups in total. The maximum Gasteiger partial charge on any atom is 0.00416 e. The molecule has 2 rings (SSSR count). The zero-order valence-corrected chi connectivity index (χ0v) is 7.26. The van der Waals surface area contributed by atoms with Crippen molar-refractivity contribution in [2.45, 2.75) is 58.4 Å². The second-order valence-electron chi connectivity index (χ2n) is 4.38. The van der Waals surface area contributed by atoms with Gasteiger partial charge in [0.1, 0.15) is 0 Å². The van der Waals surface area contributed by atoms with Gasteiger partial charge in [0.25, 0.3) is 0 Å². The van der Waals surface area contributed by atoms with Gasteiger partial charge in [-0.15, -0.1) is 0 Å². The van der Waals surface area contributed by atoms with E-state index in [9.17, 15) is 0 Å². The summed E-state index contributed by atoms with van der Waals surface area (Å²) in [4.78, 5) is 0. The average molecular weight is 169 g/mol. The maximum atomic E-state index is 5.94. The van der Waals surface area contributed by atoms with Crippen molar-refractivity contribution in [2.75, 3.05) is 0 Å². The third kappa shape index (κ3) is 2.01. The molecule has 2 saturated carbocycles. The molecule has 0 aromatic rings. The van der Waals surface area contributed by atoms with Crippen molar-refractivity contribution >= 4 is 0 Å². The van der Waals surface area contributed by atoms with E-state index in [4.69, 9.17) is 5.73 Å². The second-order valence-corrected chi connectivity index (χ2v) is 4.38. The van der Waals surface area contributed by atoms with Gasteiger partial charge in [0.15, 0.2) is 0 Å². The molecule has 0 spiro atoms. The SMILES string of the molecule is C.NC1CCC2CCCCC2C1. The standard InChI is InChI=1S/C10H19N.CH4/c11-10-6-5-8-3-1-2-4-9(8)7-10;/h8-10H,1-7,11H2;1H4. The van der Waals surface area contributed by atoms with Crippen LogP contribution in [0, 0.1) is 11.8 Å². The molecule has 0 aromatic carbocycles. The molecule has 3 atom stereocenters. The molecular weight excluding hydrogens is 146 g/mol. The van der Waals surface area contributed by atoms with Gasteiger partial charge in [-0.25, -0.2) is 0 Å². The van der Waals surface area contributed by atoms with Crippen molar-refractivity contribution in [1.82, 2.24) is 0 Å². The molecule has 0 amide bonds. The van der Waals surface area contributed by atoms with Gasteiger partial charge in [-0.2, -0.15) is 0 Å². The maximum absolute atomic E-state index is 5.94. The van der Waals surface area contributed by atoms with Crippen LogP contribution < -0.4 is 5.73 Å². The van der Waals surface area contributed by atoms with Crippen molar-refractivity contribution < 1.29 is 0 Å². The predicted octanol–water partition coefficient (Wildman–Crippen LogP) is 2.94. The largest absolute Gasteiger partial charge is 0.328 e. The summed E-state index contributed by atoms with van der Waals surface area (Å²) >= 11 is 0. The fraction of sp³-hybridized carbons (Fsp3) is 1.00. The van der Waals surface area contributed by atoms with E-state index in [-0.39, 0.29) is 7.43 Å². The van der Waals surface area contributed by atoms with E-state index in [0.717, 1.165) is 11.8 Å². The van der Waals surface area contributed by atoms with Crippen LogP contribution in [0.1, 0.15) is 52.4 Å². The molecule has 0 aromatic heterocycles. The molecular formula is C11H23N. The van der Waals surface area contributed by atoms with Gasteiger partial charge in [-0.3, -0.25) is 0 Å². The number of hydrogen-bond acceptors (Lipinski definition) is 1. The Morgan fingerprint density at radius 1 is 0.833 bits per heavy atom. The van der Waals surface area contributed by atoms with Crippen LogP contribution in [0.15, 0.2) is 0 Å². The monoisotopic (exact) mass is 169 g/mol. The van der Waals surface area contributed by atoms with Crippen LogP contribution in [-0.4, -0.2) is 6.04 Å². The Bertz CT molecular complexity index is 133. The molecule has 0 saturated heterocycles. The van der Waals surface area contributed by atoms with E-state index < -0.39 is 0 Å². The van der Waals surface area contributed by atoms with Crippen LogP contribution in [-0.2, 0) is 0 Å². The van der Waals surface area contributed by atoms with Gasteiger partial charge in [-0.05, 0) is 31.1 Å². The lowest BCUT2D eigenvalue weighted by Gasteiger charge is -2.38. The van der Waals surface area contributed by atoms with Crippen molar-refractivity contribution in [3.63, 3.8) is 0 Å². The average Bonchev–Trinajstić information content (AvgIpc) is 2.04. The lowest BCUT2D eigenvalue weighted by molar-refractivity contribution is 0.157. The normalized spacial score (nSPS) is 41.2. The van der Waals surface area contributed by atoms with E-state index >= 15 is 0 Å². The van der Waals surface area contributed by atoms with Crippen molar-refractivity contribution in [3.05, 3.63) is 0 Å². The van der Waals surface area contributed by atoms with Crippen LogP contribution in [0.2, 0.25) is 0 Å².